The minimum absolute atomic E-state index is 0.440. The van der Waals surface area contributed by atoms with Crippen molar-refractivity contribution in [2.45, 2.75) is 51.0 Å². The minimum Gasteiger partial charge on any atom is -0.328 e. The van der Waals surface area contributed by atoms with Gasteiger partial charge in [0.05, 0.1) is 0 Å². The molecule has 0 spiro atoms. The van der Waals surface area contributed by atoms with Crippen molar-refractivity contribution in [2.75, 3.05) is 0 Å². The first-order valence-electron chi connectivity index (χ1n) is 6.18. The van der Waals surface area contributed by atoms with Gasteiger partial charge in [0, 0.05) is 6.04 Å². The van der Waals surface area contributed by atoms with Gasteiger partial charge in [0.15, 0.2) is 0 Å². The predicted molar refractivity (Wildman–Crippen MR) is 64.9 cm³/mol. The third-order valence-corrected chi connectivity index (χ3v) is 3.41. The van der Waals surface area contributed by atoms with E-state index >= 15 is 0 Å². The van der Waals surface area contributed by atoms with Crippen molar-refractivity contribution in [1.29, 1.82) is 0 Å². The Morgan fingerprint density at radius 3 is 2.20 bits per heavy atom. The van der Waals surface area contributed by atoms with E-state index in [0.29, 0.717) is 6.04 Å². The van der Waals surface area contributed by atoms with Crippen molar-refractivity contribution < 1.29 is 0 Å². The van der Waals surface area contributed by atoms with E-state index in [4.69, 9.17) is 5.73 Å². The van der Waals surface area contributed by atoms with Crippen molar-refractivity contribution in [3.8, 4) is 0 Å². The summed E-state index contributed by atoms with van der Waals surface area (Å²) in [5.41, 5.74) is 9.16. The molecule has 0 saturated carbocycles. The molecule has 0 bridgehead atoms. The molecule has 0 radical (unpaired) electrons. The van der Waals surface area contributed by atoms with Crippen molar-refractivity contribution in [3.63, 3.8) is 0 Å². The third kappa shape index (κ3) is 3.07. The maximum atomic E-state index is 6.04. The first kappa shape index (κ1) is 10.7. The van der Waals surface area contributed by atoms with Gasteiger partial charge >= 0.3 is 0 Å². The molecule has 0 aromatic heterocycles. The molecule has 2 N–H and O–H groups in total. The second-order valence-corrected chi connectivity index (χ2v) is 4.67. The fraction of sp³-hybridized carbons (Fsp3) is 0.571. The van der Waals surface area contributed by atoms with Crippen LogP contribution in [0.1, 0.15) is 43.2 Å². The largest absolute Gasteiger partial charge is 0.328 e. The van der Waals surface area contributed by atoms with E-state index in [-0.39, 0.29) is 0 Å². The van der Waals surface area contributed by atoms with E-state index in [1.54, 1.807) is 11.1 Å². The Morgan fingerprint density at radius 1 is 0.867 bits per heavy atom. The lowest BCUT2D eigenvalue weighted by Gasteiger charge is -2.16. The van der Waals surface area contributed by atoms with Crippen molar-refractivity contribution in [1.82, 2.24) is 0 Å². The van der Waals surface area contributed by atoms with Crippen LogP contribution in [-0.4, -0.2) is 6.04 Å². The molecule has 1 aromatic carbocycles. The van der Waals surface area contributed by atoms with Crippen LogP contribution in [0, 0.1) is 0 Å². The Kier molecular flexibility index (Phi) is 3.79. The van der Waals surface area contributed by atoms with Crippen LogP contribution in [-0.2, 0) is 12.8 Å². The smallest absolute Gasteiger partial charge is 0.00389 e. The summed E-state index contributed by atoms with van der Waals surface area (Å²) in [7, 11) is 0. The Bertz CT molecular complexity index is 306. The number of hydrogen-bond donors (Lipinski definition) is 1. The molecule has 2 rings (SSSR count). The number of hydrogen-bond acceptors (Lipinski definition) is 1. The summed E-state index contributed by atoms with van der Waals surface area (Å²) in [6.45, 7) is 0. The highest BCUT2D eigenvalue weighted by molar-refractivity contribution is 5.27. The summed E-state index contributed by atoms with van der Waals surface area (Å²) < 4.78 is 0. The molecule has 1 aliphatic rings. The first-order valence-corrected chi connectivity index (χ1v) is 6.18. The molecule has 1 aromatic rings. The van der Waals surface area contributed by atoms with Crippen LogP contribution in [0.3, 0.4) is 0 Å². The number of aryl methyl sites for hydroxylation is 2. The average Bonchev–Trinajstić information content (AvgIpc) is 2.26. The Labute approximate surface area is 92.7 Å². The fourth-order valence-corrected chi connectivity index (χ4v) is 2.47. The lowest BCUT2D eigenvalue weighted by atomic mass is 9.93. The molecule has 0 heterocycles. The van der Waals surface area contributed by atoms with Crippen LogP contribution < -0.4 is 5.73 Å². The van der Waals surface area contributed by atoms with Gasteiger partial charge in [0.2, 0.25) is 0 Å². The minimum atomic E-state index is 0.440. The van der Waals surface area contributed by atoms with E-state index < -0.39 is 0 Å². The monoisotopic (exact) mass is 203 g/mol. The van der Waals surface area contributed by atoms with Crippen LogP contribution in [0.5, 0.6) is 0 Å². The molecule has 1 nitrogen and oxygen atoms in total. The van der Waals surface area contributed by atoms with Gasteiger partial charge in [-0.05, 0) is 49.7 Å². The van der Waals surface area contributed by atoms with Gasteiger partial charge in [0.1, 0.15) is 0 Å². The molecule has 0 amide bonds. The van der Waals surface area contributed by atoms with Crippen LogP contribution in [0.15, 0.2) is 24.3 Å². The van der Waals surface area contributed by atoms with Crippen molar-refractivity contribution in [3.05, 3.63) is 35.4 Å². The molecule has 1 heteroatoms. The second-order valence-electron chi connectivity index (χ2n) is 4.67. The molecule has 1 aliphatic carbocycles. The highest BCUT2D eigenvalue weighted by atomic mass is 14.6. The van der Waals surface area contributed by atoms with Crippen LogP contribution in [0.25, 0.3) is 0 Å². The van der Waals surface area contributed by atoms with Gasteiger partial charge < -0.3 is 5.73 Å². The summed E-state index contributed by atoms with van der Waals surface area (Å²) in [6.07, 6.45) is 8.68. The standard InChI is InChI=1S/C14H21N/c15-14-10-4-3-8-12-6-1-2-7-13(12)9-5-11-14/h1-2,6-7,14H,3-5,8-11,15H2. The number of benzene rings is 1. The van der Waals surface area contributed by atoms with Crippen molar-refractivity contribution in [2.24, 2.45) is 5.73 Å². The van der Waals surface area contributed by atoms with Crippen LogP contribution >= 0.6 is 0 Å². The number of fused-ring (bicyclic) bond motifs is 1. The molecule has 82 valence electrons. The van der Waals surface area contributed by atoms with E-state index in [9.17, 15) is 0 Å². The third-order valence-electron chi connectivity index (χ3n) is 3.41. The summed E-state index contributed by atoms with van der Waals surface area (Å²) in [5, 5.41) is 0. The zero-order valence-corrected chi connectivity index (χ0v) is 9.41. The highest BCUT2D eigenvalue weighted by Gasteiger charge is 2.08. The Balaban J connectivity index is 2.08. The average molecular weight is 203 g/mol. The van der Waals surface area contributed by atoms with E-state index in [0.717, 1.165) is 0 Å². The molecule has 15 heavy (non-hydrogen) atoms. The molecular weight excluding hydrogens is 182 g/mol. The molecular formula is C14H21N. The predicted octanol–water partition coefficient (Wildman–Crippen LogP) is 3.06. The quantitative estimate of drug-likeness (QED) is 0.689. The van der Waals surface area contributed by atoms with E-state index in [1.165, 1.54) is 44.9 Å². The molecule has 0 saturated heterocycles. The summed E-state index contributed by atoms with van der Waals surface area (Å²) in [4.78, 5) is 0. The number of rotatable bonds is 0. The zero-order chi connectivity index (χ0) is 10.5. The van der Waals surface area contributed by atoms with E-state index in [2.05, 4.69) is 24.3 Å². The van der Waals surface area contributed by atoms with Gasteiger partial charge in [-0.3, -0.25) is 0 Å². The molecule has 0 aliphatic heterocycles. The van der Waals surface area contributed by atoms with Crippen LogP contribution in [0.4, 0.5) is 0 Å². The topological polar surface area (TPSA) is 26.0 Å². The summed E-state index contributed by atoms with van der Waals surface area (Å²) in [5.74, 6) is 0. The Hall–Kier alpha value is -0.820. The number of nitrogens with two attached hydrogens (primary N) is 1. The van der Waals surface area contributed by atoms with Gasteiger partial charge in [-0.2, -0.15) is 0 Å². The van der Waals surface area contributed by atoms with Crippen LogP contribution in [0.2, 0.25) is 0 Å². The fourth-order valence-electron chi connectivity index (χ4n) is 2.47. The SMILES string of the molecule is NC1CCCCc2ccccc2CCC1. The summed E-state index contributed by atoms with van der Waals surface area (Å²) in [6, 6.07) is 9.33. The lowest BCUT2D eigenvalue weighted by molar-refractivity contribution is 0.508. The normalized spacial score (nSPS) is 23.1. The summed E-state index contributed by atoms with van der Waals surface area (Å²) >= 11 is 0. The van der Waals surface area contributed by atoms with Gasteiger partial charge in [0.25, 0.3) is 0 Å². The Morgan fingerprint density at radius 2 is 1.47 bits per heavy atom. The maximum Gasteiger partial charge on any atom is 0.00389 e. The zero-order valence-electron chi connectivity index (χ0n) is 9.41. The lowest BCUT2D eigenvalue weighted by Crippen LogP contribution is -2.20. The molecule has 0 fully saturated rings. The van der Waals surface area contributed by atoms with Gasteiger partial charge in [-0.1, -0.05) is 30.7 Å². The second kappa shape index (κ2) is 5.32. The van der Waals surface area contributed by atoms with Gasteiger partial charge in [-0.25, -0.2) is 0 Å². The van der Waals surface area contributed by atoms with Crippen molar-refractivity contribution >= 4 is 0 Å². The molecule has 1 unspecified atom stereocenters. The maximum absolute atomic E-state index is 6.04. The van der Waals surface area contributed by atoms with Gasteiger partial charge in [-0.15, -0.1) is 0 Å². The first-order chi connectivity index (χ1) is 7.36. The highest BCUT2D eigenvalue weighted by Crippen LogP contribution is 2.18. The van der Waals surface area contributed by atoms with E-state index in [1.807, 2.05) is 0 Å². The molecule has 1 atom stereocenters.